The lowest BCUT2D eigenvalue weighted by atomic mass is 9.80. The zero-order valence-corrected chi connectivity index (χ0v) is 10.3. The average Bonchev–Trinajstić information content (AvgIpc) is 2.47. The molecule has 0 spiro atoms. The monoisotopic (exact) mass is 246 g/mol. The van der Waals surface area contributed by atoms with Crippen molar-refractivity contribution in [2.45, 2.75) is 0 Å². The van der Waals surface area contributed by atoms with E-state index in [9.17, 15) is 5.21 Å². The summed E-state index contributed by atoms with van der Waals surface area (Å²) in [6.45, 7) is 0. The van der Waals surface area contributed by atoms with Crippen LogP contribution in [-0.2, 0) is 0 Å². The Bertz CT molecular complexity index is 793. The molecule has 4 rings (SSSR count). The molecule has 2 aliphatic carbocycles. The van der Waals surface area contributed by atoms with Gasteiger partial charge in [0.15, 0.2) is 0 Å². The lowest BCUT2D eigenvalue weighted by molar-refractivity contribution is 0.688. The average molecular weight is 246 g/mol. The molecule has 92 valence electrons. The molecule has 0 saturated carbocycles. The second-order valence-corrected chi connectivity index (χ2v) is 4.90. The van der Waals surface area contributed by atoms with Gasteiger partial charge in [-0.1, -0.05) is 54.6 Å². The third-order valence-corrected chi connectivity index (χ3v) is 3.83. The maximum absolute atomic E-state index is 12.2. The normalized spacial score (nSPS) is 22.9. The highest BCUT2D eigenvalue weighted by Gasteiger charge is 2.25. The van der Waals surface area contributed by atoms with E-state index in [4.69, 9.17) is 0 Å². The van der Waals surface area contributed by atoms with Crippen molar-refractivity contribution in [2.24, 2.45) is 5.92 Å². The molecule has 1 unspecified atom stereocenters. The molecule has 1 aromatic carbocycles. The first kappa shape index (κ1) is 10.6. The lowest BCUT2D eigenvalue weighted by Crippen LogP contribution is -2.38. The van der Waals surface area contributed by atoms with Crippen LogP contribution in [0.5, 0.6) is 0 Å². The van der Waals surface area contributed by atoms with E-state index in [2.05, 4.69) is 18.2 Å². The van der Waals surface area contributed by atoms with Crippen LogP contribution in [0.1, 0.15) is 0 Å². The molecular weight excluding hydrogens is 234 g/mol. The summed E-state index contributed by atoms with van der Waals surface area (Å²) in [5, 5.41) is 15.3. The largest absolute Gasteiger partial charge is 0.754 e. The minimum atomic E-state index is 0.191. The van der Waals surface area contributed by atoms with Crippen LogP contribution in [0.2, 0.25) is 0 Å². The number of hydrogen-bond acceptors (Lipinski definition) is 2. The highest BCUT2D eigenvalue weighted by atomic mass is 16.5. The zero-order valence-electron chi connectivity index (χ0n) is 10.3. The smallest absolute Gasteiger partial charge is 0.0347 e. The van der Waals surface area contributed by atoms with Crippen LogP contribution in [0.3, 0.4) is 0 Å². The molecule has 1 aromatic rings. The van der Waals surface area contributed by atoms with Gasteiger partial charge in [-0.3, -0.25) is 0 Å². The van der Waals surface area contributed by atoms with Crippen LogP contribution in [0.15, 0.2) is 72.0 Å². The number of rotatable bonds is 0. The van der Waals surface area contributed by atoms with Crippen molar-refractivity contribution in [3.05, 3.63) is 87.6 Å². The predicted octanol–water partition coefficient (Wildman–Crippen LogP) is 1.95. The van der Waals surface area contributed by atoms with Gasteiger partial charge in [-0.25, -0.2) is 0 Å². The van der Waals surface area contributed by atoms with Gasteiger partial charge in [0.05, 0.1) is 0 Å². The highest BCUT2D eigenvalue weighted by Crippen LogP contribution is 2.36. The summed E-state index contributed by atoms with van der Waals surface area (Å²) in [5.74, 6) is 0.191. The molecule has 2 nitrogen and oxygen atoms in total. The van der Waals surface area contributed by atoms with E-state index in [0.717, 1.165) is 26.8 Å². The van der Waals surface area contributed by atoms with Crippen molar-refractivity contribution in [1.82, 2.24) is 5.06 Å². The Morgan fingerprint density at radius 1 is 1.05 bits per heavy atom. The van der Waals surface area contributed by atoms with Gasteiger partial charge in [-0.2, -0.15) is 0 Å². The van der Waals surface area contributed by atoms with E-state index < -0.39 is 0 Å². The molecular formula is C17H12NO-. The Labute approximate surface area is 111 Å². The van der Waals surface area contributed by atoms with Crippen LogP contribution in [0.4, 0.5) is 0 Å². The molecule has 0 bridgehead atoms. The van der Waals surface area contributed by atoms with Crippen molar-refractivity contribution >= 4 is 11.8 Å². The number of fused-ring (bicyclic) bond motifs is 4. The molecule has 0 N–H and O–H groups in total. The van der Waals surface area contributed by atoms with Crippen molar-refractivity contribution in [1.29, 1.82) is 0 Å². The number of nitrogens with zero attached hydrogens (tertiary/aromatic N) is 1. The van der Waals surface area contributed by atoms with Gasteiger partial charge < -0.3 is 10.3 Å². The van der Waals surface area contributed by atoms with E-state index in [0.29, 0.717) is 0 Å². The SMILES string of the molecule is [O-]N1C=c2ccccc2=C2C1=CC=C1C=CC=CC12. The minimum Gasteiger partial charge on any atom is -0.754 e. The highest BCUT2D eigenvalue weighted by molar-refractivity contribution is 5.77. The third-order valence-electron chi connectivity index (χ3n) is 3.83. The molecule has 0 amide bonds. The lowest BCUT2D eigenvalue weighted by Gasteiger charge is -2.38. The molecule has 1 heterocycles. The van der Waals surface area contributed by atoms with E-state index in [1.807, 2.05) is 42.5 Å². The Morgan fingerprint density at radius 2 is 1.95 bits per heavy atom. The summed E-state index contributed by atoms with van der Waals surface area (Å²) in [4.78, 5) is 0. The summed E-state index contributed by atoms with van der Waals surface area (Å²) in [6, 6.07) is 8.08. The van der Waals surface area contributed by atoms with Crippen LogP contribution >= 0.6 is 0 Å². The Balaban J connectivity index is 2.11. The van der Waals surface area contributed by atoms with E-state index >= 15 is 0 Å². The van der Waals surface area contributed by atoms with Crippen LogP contribution in [0.25, 0.3) is 11.8 Å². The molecule has 1 aliphatic heterocycles. The molecule has 3 aliphatic rings. The topological polar surface area (TPSA) is 26.3 Å². The second-order valence-electron chi connectivity index (χ2n) is 4.90. The van der Waals surface area contributed by atoms with Crippen LogP contribution < -0.4 is 10.4 Å². The fraction of sp³-hybridized carbons (Fsp3) is 0.0588. The molecule has 0 saturated heterocycles. The summed E-state index contributed by atoms with van der Waals surface area (Å²) < 4.78 is 0. The predicted molar refractivity (Wildman–Crippen MR) is 76.7 cm³/mol. The fourth-order valence-corrected chi connectivity index (χ4v) is 2.95. The summed E-state index contributed by atoms with van der Waals surface area (Å²) in [5.41, 5.74) is 3.12. The molecule has 0 fully saturated rings. The first-order chi connectivity index (χ1) is 9.34. The molecule has 2 heteroatoms. The standard InChI is InChI=1S/C17H12NO/c19-18-11-13-6-2-4-8-15(13)17-14-7-3-1-5-12(14)9-10-16(17)18/h1-11,14H/q-1. The number of benzene rings is 1. The van der Waals surface area contributed by atoms with Crippen LogP contribution in [-0.4, -0.2) is 5.06 Å². The Hall–Kier alpha value is -2.32. The Morgan fingerprint density at radius 3 is 2.89 bits per heavy atom. The van der Waals surface area contributed by atoms with Gasteiger partial charge in [0.2, 0.25) is 0 Å². The molecule has 0 radical (unpaired) electrons. The summed E-state index contributed by atoms with van der Waals surface area (Å²) in [6.07, 6.45) is 14.0. The van der Waals surface area contributed by atoms with Gasteiger partial charge in [0.1, 0.15) is 0 Å². The maximum Gasteiger partial charge on any atom is 0.0347 e. The first-order valence-electron chi connectivity index (χ1n) is 6.39. The Kier molecular flexibility index (Phi) is 2.14. The number of allylic oxidation sites excluding steroid dienone is 8. The number of hydroxylamine groups is 2. The van der Waals surface area contributed by atoms with Gasteiger partial charge in [-0.05, 0) is 27.7 Å². The summed E-state index contributed by atoms with van der Waals surface area (Å²) in [7, 11) is 0. The van der Waals surface area contributed by atoms with Crippen LogP contribution in [0, 0.1) is 11.1 Å². The van der Waals surface area contributed by atoms with Crippen molar-refractivity contribution in [3.63, 3.8) is 0 Å². The number of hydrogen-bond donors (Lipinski definition) is 0. The third kappa shape index (κ3) is 1.47. The van der Waals surface area contributed by atoms with E-state index in [1.165, 1.54) is 5.57 Å². The summed E-state index contributed by atoms with van der Waals surface area (Å²) >= 11 is 0. The fourth-order valence-electron chi connectivity index (χ4n) is 2.95. The van der Waals surface area contributed by atoms with Gasteiger partial charge in [0, 0.05) is 17.8 Å². The van der Waals surface area contributed by atoms with Crippen molar-refractivity contribution < 1.29 is 0 Å². The van der Waals surface area contributed by atoms with Gasteiger partial charge in [-0.15, -0.1) is 0 Å². The maximum atomic E-state index is 12.2. The van der Waals surface area contributed by atoms with Crippen molar-refractivity contribution in [2.75, 3.05) is 0 Å². The molecule has 1 atom stereocenters. The van der Waals surface area contributed by atoms with Gasteiger partial charge in [0.25, 0.3) is 0 Å². The van der Waals surface area contributed by atoms with E-state index in [-0.39, 0.29) is 5.92 Å². The van der Waals surface area contributed by atoms with E-state index in [1.54, 1.807) is 6.20 Å². The second kappa shape index (κ2) is 3.84. The molecule has 19 heavy (non-hydrogen) atoms. The first-order valence-corrected chi connectivity index (χ1v) is 6.39. The van der Waals surface area contributed by atoms with Crippen molar-refractivity contribution in [3.8, 4) is 0 Å². The quantitative estimate of drug-likeness (QED) is 0.699. The molecule has 0 aromatic heterocycles. The zero-order chi connectivity index (χ0) is 12.8. The van der Waals surface area contributed by atoms with Gasteiger partial charge >= 0.3 is 0 Å². The minimum absolute atomic E-state index is 0.191.